The van der Waals surface area contributed by atoms with Crippen LogP contribution in [0.15, 0.2) is 24.3 Å². The predicted molar refractivity (Wildman–Crippen MR) is 87.7 cm³/mol. The number of rotatable bonds is 5. The van der Waals surface area contributed by atoms with Crippen LogP contribution in [0.4, 0.5) is 15.3 Å². The van der Waals surface area contributed by atoms with Crippen LogP contribution in [0.2, 0.25) is 0 Å². The number of hydrogen-bond acceptors (Lipinski definition) is 4. The highest BCUT2D eigenvalue weighted by Gasteiger charge is 2.31. The number of carbonyl (C=O) groups is 3. The van der Waals surface area contributed by atoms with Crippen LogP contribution in [0.25, 0.3) is 0 Å². The number of ketones is 1. The predicted octanol–water partition coefficient (Wildman–Crippen LogP) is 2.03. The van der Waals surface area contributed by atoms with Crippen LogP contribution < -0.4 is 5.32 Å². The van der Waals surface area contributed by atoms with Gasteiger partial charge in [0.2, 0.25) is 0 Å². The Morgan fingerprint density at radius 2 is 1.79 bits per heavy atom. The second kappa shape index (κ2) is 7.67. The molecule has 0 bridgehead atoms. The fourth-order valence-corrected chi connectivity index (χ4v) is 2.73. The Hall–Kier alpha value is -2.77. The minimum absolute atomic E-state index is 0.00498. The van der Waals surface area contributed by atoms with Gasteiger partial charge in [-0.05, 0) is 37.6 Å². The van der Waals surface area contributed by atoms with E-state index in [0.717, 1.165) is 5.69 Å². The van der Waals surface area contributed by atoms with Crippen molar-refractivity contribution in [2.24, 2.45) is 0 Å². The van der Waals surface area contributed by atoms with Gasteiger partial charge in [-0.2, -0.15) is 0 Å². The first-order chi connectivity index (χ1) is 11.4. The zero-order valence-electron chi connectivity index (χ0n) is 13.4. The Balaban J connectivity index is 1.91. The Morgan fingerprint density at radius 1 is 1.12 bits per heavy atom. The van der Waals surface area contributed by atoms with Crippen LogP contribution in [0, 0.1) is 0 Å². The van der Waals surface area contributed by atoms with E-state index in [1.807, 2.05) is 0 Å². The van der Waals surface area contributed by atoms with Crippen molar-refractivity contribution in [2.75, 3.05) is 31.5 Å². The number of nitrogens with zero attached hydrogens (tertiary/aromatic N) is 2. The topological polar surface area (TPSA) is 110 Å². The van der Waals surface area contributed by atoms with Crippen LogP contribution in [0.1, 0.15) is 23.7 Å². The molecule has 0 unspecified atom stereocenters. The molecule has 0 aliphatic carbocycles. The quantitative estimate of drug-likeness (QED) is 0.710. The number of anilines is 1. The lowest BCUT2D eigenvalue weighted by Crippen LogP contribution is -2.56. The third kappa shape index (κ3) is 4.37. The van der Waals surface area contributed by atoms with Crippen LogP contribution in [0.5, 0.6) is 0 Å². The molecule has 3 N–H and O–H groups in total. The van der Waals surface area contributed by atoms with Gasteiger partial charge < -0.3 is 25.3 Å². The molecule has 1 fully saturated rings. The largest absolute Gasteiger partial charge is 0.465 e. The van der Waals surface area contributed by atoms with Crippen molar-refractivity contribution >= 4 is 23.7 Å². The monoisotopic (exact) mass is 335 g/mol. The molecule has 1 aliphatic rings. The van der Waals surface area contributed by atoms with Crippen LogP contribution in [0.3, 0.4) is 0 Å². The third-order valence-electron chi connectivity index (χ3n) is 4.10. The van der Waals surface area contributed by atoms with E-state index in [0.29, 0.717) is 18.5 Å². The number of carbonyl (C=O) groups excluding carboxylic acids is 1. The summed E-state index contributed by atoms with van der Waals surface area (Å²) in [4.78, 5) is 36.1. The van der Waals surface area contributed by atoms with Gasteiger partial charge in [-0.1, -0.05) is 0 Å². The molecule has 1 aliphatic heterocycles. The standard InChI is InChI=1S/C16H21N3O5/c1-11(20)12-2-4-13(5-3-12)17-7-6-14-10-18(15(21)22)8-9-19(14)16(23)24/h2-5,14,17H,6-10H2,1H3,(H,21,22)(H,23,24)/t14-/m1/s1. The Labute approximate surface area is 139 Å². The summed E-state index contributed by atoms with van der Waals surface area (Å²) >= 11 is 0. The molecule has 1 atom stereocenters. The highest BCUT2D eigenvalue weighted by atomic mass is 16.4. The minimum Gasteiger partial charge on any atom is -0.465 e. The van der Waals surface area contributed by atoms with Gasteiger partial charge in [-0.3, -0.25) is 4.79 Å². The summed E-state index contributed by atoms with van der Waals surface area (Å²) in [6.45, 7) is 2.55. The molecule has 0 saturated carbocycles. The number of hydrogen-bond donors (Lipinski definition) is 3. The minimum atomic E-state index is -1.03. The molecule has 8 nitrogen and oxygen atoms in total. The van der Waals surface area contributed by atoms with Gasteiger partial charge in [0.15, 0.2) is 5.78 Å². The van der Waals surface area contributed by atoms with Crippen molar-refractivity contribution in [3.8, 4) is 0 Å². The van der Waals surface area contributed by atoms with E-state index in [-0.39, 0.29) is 31.5 Å². The fourth-order valence-electron chi connectivity index (χ4n) is 2.73. The normalized spacial score (nSPS) is 17.5. The second-order valence-corrected chi connectivity index (χ2v) is 5.71. The van der Waals surface area contributed by atoms with Crippen molar-refractivity contribution in [3.63, 3.8) is 0 Å². The van der Waals surface area contributed by atoms with Crippen molar-refractivity contribution in [1.82, 2.24) is 9.80 Å². The van der Waals surface area contributed by atoms with Gasteiger partial charge in [0, 0.05) is 37.4 Å². The molecule has 1 heterocycles. The first-order valence-corrected chi connectivity index (χ1v) is 7.71. The molecule has 2 rings (SSSR count). The van der Waals surface area contributed by atoms with Crippen molar-refractivity contribution in [1.29, 1.82) is 0 Å². The van der Waals surface area contributed by atoms with E-state index in [4.69, 9.17) is 5.11 Å². The molecule has 1 saturated heterocycles. The Morgan fingerprint density at radius 3 is 2.33 bits per heavy atom. The molecule has 0 spiro atoms. The summed E-state index contributed by atoms with van der Waals surface area (Å²) in [7, 11) is 0. The summed E-state index contributed by atoms with van der Waals surface area (Å²) in [6, 6.07) is 6.64. The first-order valence-electron chi connectivity index (χ1n) is 7.71. The van der Waals surface area contributed by atoms with E-state index >= 15 is 0 Å². The highest BCUT2D eigenvalue weighted by Crippen LogP contribution is 2.15. The zero-order valence-corrected chi connectivity index (χ0v) is 13.4. The maximum atomic E-state index is 11.3. The van der Waals surface area contributed by atoms with E-state index < -0.39 is 12.2 Å². The van der Waals surface area contributed by atoms with Crippen molar-refractivity contribution in [2.45, 2.75) is 19.4 Å². The number of carboxylic acid groups (broad SMARTS) is 2. The lowest BCUT2D eigenvalue weighted by atomic mass is 10.1. The Bertz CT molecular complexity index is 617. The molecule has 0 aromatic heterocycles. The average Bonchev–Trinajstić information content (AvgIpc) is 2.55. The maximum Gasteiger partial charge on any atom is 0.407 e. The van der Waals surface area contributed by atoms with Gasteiger partial charge in [0.25, 0.3) is 0 Å². The molecule has 2 amide bonds. The van der Waals surface area contributed by atoms with Crippen molar-refractivity contribution in [3.05, 3.63) is 29.8 Å². The lowest BCUT2D eigenvalue weighted by molar-refractivity contribution is 0.0622. The maximum absolute atomic E-state index is 11.3. The zero-order chi connectivity index (χ0) is 17.7. The average molecular weight is 335 g/mol. The number of nitrogens with one attached hydrogen (secondary N) is 1. The first kappa shape index (κ1) is 17.6. The summed E-state index contributed by atoms with van der Waals surface area (Å²) in [5.41, 5.74) is 1.45. The van der Waals surface area contributed by atoms with E-state index in [9.17, 15) is 19.5 Å². The Kier molecular flexibility index (Phi) is 5.62. The van der Waals surface area contributed by atoms with E-state index in [2.05, 4.69) is 5.32 Å². The summed E-state index contributed by atoms with van der Waals surface area (Å²) < 4.78 is 0. The van der Waals surface area contributed by atoms with Gasteiger partial charge in [0.05, 0.1) is 6.04 Å². The summed E-state index contributed by atoms with van der Waals surface area (Å²) in [5.74, 6) is -0.00498. The molecule has 1 aromatic rings. The fraction of sp³-hybridized carbons (Fsp3) is 0.438. The lowest BCUT2D eigenvalue weighted by Gasteiger charge is -2.38. The molecular weight excluding hydrogens is 314 g/mol. The highest BCUT2D eigenvalue weighted by molar-refractivity contribution is 5.94. The SMILES string of the molecule is CC(=O)c1ccc(NCC[C@@H]2CN(C(=O)O)CCN2C(=O)O)cc1. The number of Topliss-reactive ketones (excluding diaryl/α,β-unsaturated/α-hetero) is 1. The van der Waals surface area contributed by atoms with Crippen LogP contribution >= 0.6 is 0 Å². The molecule has 8 heteroatoms. The van der Waals surface area contributed by atoms with Gasteiger partial charge in [-0.15, -0.1) is 0 Å². The van der Waals surface area contributed by atoms with Crippen LogP contribution in [-0.4, -0.2) is 70.2 Å². The molecule has 1 aromatic carbocycles. The second-order valence-electron chi connectivity index (χ2n) is 5.71. The van der Waals surface area contributed by atoms with Gasteiger partial charge in [-0.25, -0.2) is 9.59 Å². The molecular formula is C16H21N3O5. The smallest absolute Gasteiger partial charge is 0.407 e. The summed E-state index contributed by atoms with van der Waals surface area (Å²) in [5, 5.41) is 21.5. The summed E-state index contributed by atoms with van der Waals surface area (Å²) in [6.07, 6.45) is -1.57. The third-order valence-corrected chi connectivity index (χ3v) is 4.10. The van der Waals surface area contributed by atoms with E-state index in [1.54, 1.807) is 24.3 Å². The molecule has 130 valence electrons. The van der Waals surface area contributed by atoms with Crippen molar-refractivity contribution < 1.29 is 24.6 Å². The molecule has 0 radical (unpaired) electrons. The number of piperazine rings is 1. The van der Waals surface area contributed by atoms with Gasteiger partial charge in [0.1, 0.15) is 0 Å². The number of amides is 2. The van der Waals surface area contributed by atoms with Crippen LogP contribution in [-0.2, 0) is 0 Å². The van der Waals surface area contributed by atoms with Gasteiger partial charge >= 0.3 is 12.2 Å². The molecule has 24 heavy (non-hydrogen) atoms. The number of benzene rings is 1. The van der Waals surface area contributed by atoms with E-state index in [1.165, 1.54) is 16.7 Å².